The largest absolute Gasteiger partial charge is 0.507 e. The van der Waals surface area contributed by atoms with E-state index in [-0.39, 0.29) is 46.8 Å². The van der Waals surface area contributed by atoms with Crippen LogP contribution in [0.15, 0.2) is 18.2 Å². The summed E-state index contributed by atoms with van der Waals surface area (Å²) in [5.41, 5.74) is 0.260. The molecule has 0 saturated carbocycles. The lowest BCUT2D eigenvalue weighted by Gasteiger charge is -2.19. The topological polar surface area (TPSA) is 88.5 Å². The smallest absolute Gasteiger partial charge is 0.342 e. The maximum atomic E-state index is 12.7. The van der Waals surface area contributed by atoms with Crippen LogP contribution in [-0.4, -0.2) is 47.7 Å². The van der Waals surface area contributed by atoms with Crippen LogP contribution >= 0.6 is 11.6 Å². The minimum atomic E-state index is -0.859. The van der Waals surface area contributed by atoms with E-state index in [1.165, 1.54) is 13.2 Å². The predicted molar refractivity (Wildman–Crippen MR) is 95.9 cm³/mol. The molecule has 142 valence electrons. The number of aromatic hydroxyl groups is 1. The number of hydrogen-bond acceptors (Lipinski definition) is 6. The van der Waals surface area contributed by atoms with E-state index in [4.69, 9.17) is 25.8 Å². The van der Waals surface area contributed by atoms with Gasteiger partial charge in [-0.1, -0.05) is 23.8 Å². The number of cyclic esters (lactones) is 1. The zero-order valence-electron chi connectivity index (χ0n) is 14.8. The molecule has 0 unspecified atom stereocenters. The number of carbonyl (C=O) groups is 1. The third kappa shape index (κ3) is 4.14. The number of aliphatic hydroxyl groups excluding tert-OH is 1. The van der Waals surface area contributed by atoms with Crippen LogP contribution < -0.4 is 4.74 Å². The van der Waals surface area contributed by atoms with Crippen LogP contribution in [0.25, 0.3) is 0 Å². The van der Waals surface area contributed by atoms with E-state index in [0.29, 0.717) is 12.0 Å². The zero-order chi connectivity index (χ0) is 18.8. The van der Waals surface area contributed by atoms with E-state index in [1.54, 1.807) is 13.0 Å². The highest BCUT2D eigenvalue weighted by Crippen LogP contribution is 2.39. The molecule has 2 aliphatic rings. The molecule has 26 heavy (non-hydrogen) atoms. The Labute approximate surface area is 157 Å². The van der Waals surface area contributed by atoms with Gasteiger partial charge in [0, 0.05) is 18.9 Å². The Bertz CT molecular complexity index is 716. The third-order valence-corrected chi connectivity index (χ3v) is 5.09. The van der Waals surface area contributed by atoms with Crippen molar-refractivity contribution >= 4 is 17.6 Å². The number of rotatable bonds is 1. The fourth-order valence-corrected chi connectivity index (χ4v) is 3.59. The van der Waals surface area contributed by atoms with Crippen molar-refractivity contribution in [3.05, 3.63) is 34.4 Å². The summed E-state index contributed by atoms with van der Waals surface area (Å²) in [6.07, 6.45) is 4.88. The zero-order valence-corrected chi connectivity index (χ0v) is 15.5. The standard InChI is InChI=1S/C19H23ClO6/c1-10-7-15-14(26-15)6-4-3-5-11(21)8-12-17(19(23)25-10)13(22)9-16(24-2)18(12)20/h3,5,9-11,14-15,21-22H,4,6-8H2,1-2H3/t10-,11+,14+,15+/m1/s1. The number of methoxy groups -OCH3 is 1. The lowest BCUT2D eigenvalue weighted by Crippen LogP contribution is -2.20. The molecule has 1 aromatic carbocycles. The summed E-state index contributed by atoms with van der Waals surface area (Å²) < 4.78 is 16.2. The molecule has 0 bridgehead atoms. The number of ether oxygens (including phenoxy) is 3. The molecule has 0 aromatic heterocycles. The van der Waals surface area contributed by atoms with Gasteiger partial charge in [-0.25, -0.2) is 4.79 Å². The molecule has 3 rings (SSSR count). The second-order valence-electron chi connectivity index (χ2n) is 6.71. The number of carbonyl (C=O) groups excluding carboxylic acids is 1. The fourth-order valence-electron chi connectivity index (χ4n) is 3.29. The minimum absolute atomic E-state index is 0.0413. The number of hydrogen-bond donors (Lipinski definition) is 2. The van der Waals surface area contributed by atoms with Gasteiger partial charge in [0.25, 0.3) is 0 Å². The normalized spacial score (nSPS) is 29.2. The quantitative estimate of drug-likeness (QED) is 0.441. The summed E-state index contributed by atoms with van der Waals surface area (Å²) in [7, 11) is 1.42. The Hall–Kier alpha value is -1.76. The van der Waals surface area contributed by atoms with Gasteiger partial charge < -0.3 is 24.4 Å². The van der Waals surface area contributed by atoms with Crippen LogP contribution in [0.2, 0.25) is 5.02 Å². The number of phenols is 1. The molecule has 0 spiro atoms. The Morgan fingerprint density at radius 3 is 2.85 bits per heavy atom. The highest BCUT2D eigenvalue weighted by atomic mass is 35.5. The van der Waals surface area contributed by atoms with Crippen LogP contribution in [0.4, 0.5) is 0 Å². The molecule has 4 atom stereocenters. The molecular formula is C19H23ClO6. The monoisotopic (exact) mass is 382 g/mol. The van der Waals surface area contributed by atoms with Crippen LogP contribution in [0.3, 0.4) is 0 Å². The average molecular weight is 383 g/mol. The molecule has 1 aromatic rings. The maximum absolute atomic E-state index is 12.7. The lowest BCUT2D eigenvalue weighted by molar-refractivity contribution is 0.0305. The number of esters is 1. The summed E-state index contributed by atoms with van der Waals surface area (Å²) in [5, 5.41) is 20.8. The molecule has 7 heteroatoms. The van der Waals surface area contributed by atoms with Crippen molar-refractivity contribution in [2.24, 2.45) is 0 Å². The van der Waals surface area contributed by atoms with Gasteiger partial charge in [0.05, 0.1) is 30.4 Å². The van der Waals surface area contributed by atoms with Gasteiger partial charge in [0.2, 0.25) is 0 Å². The van der Waals surface area contributed by atoms with E-state index in [2.05, 4.69) is 0 Å². The Morgan fingerprint density at radius 1 is 1.35 bits per heavy atom. The molecule has 2 N–H and O–H groups in total. The summed E-state index contributed by atoms with van der Waals surface area (Å²) in [6, 6.07) is 1.28. The van der Waals surface area contributed by atoms with Crippen molar-refractivity contribution in [1.82, 2.24) is 0 Å². The van der Waals surface area contributed by atoms with Gasteiger partial charge in [0.15, 0.2) is 0 Å². The van der Waals surface area contributed by atoms with Crippen molar-refractivity contribution in [3.8, 4) is 11.5 Å². The first-order valence-electron chi connectivity index (χ1n) is 8.70. The van der Waals surface area contributed by atoms with Crippen molar-refractivity contribution in [2.75, 3.05) is 7.11 Å². The number of fused-ring (bicyclic) bond motifs is 2. The number of halogens is 1. The van der Waals surface area contributed by atoms with E-state index in [9.17, 15) is 15.0 Å². The molecule has 2 aliphatic heterocycles. The molecule has 1 saturated heterocycles. The van der Waals surface area contributed by atoms with Crippen molar-refractivity contribution in [2.45, 2.75) is 57.0 Å². The Balaban J connectivity index is 1.98. The van der Waals surface area contributed by atoms with E-state index in [0.717, 1.165) is 12.8 Å². The number of allylic oxidation sites excluding steroid dienone is 1. The van der Waals surface area contributed by atoms with Crippen LogP contribution in [0.1, 0.15) is 42.1 Å². The van der Waals surface area contributed by atoms with Gasteiger partial charge in [-0.2, -0.15) is 0 Å². The molecule has 0 aliphatic carbocycles. The van der Waals surface area contributed by atoms with Crippen LogP contribution in [-0.2, 0) is 15.9 Å². The van der Waals surface area contributed by atoms with Gasteiger partial charge in [-0.3, -0.25) is 0 Å². The van der Waals surface area contributed by atoms with Crippen molar-refractivity contribution in [1.29, 1.82) is 0 Å². The third-order valence-electron chi connectivity index (χ3n) is 4.68. The minimum Gasteiger partial charge on any atom is -0.507 e. The molecular weight excluding hydrogens is 360 g/mol. The van der Waals surface area contributed by atoms with E-state index in [1.807, 2.05) is 6.08 Å². The van der Waals surface area contributed by atoms with Gasteiger partial charge in [-0.05, 0) is 25.3 Å². The van der Waals surface area contributed by atoms with Gasteiger partial charge in [-0.15, -0.1) is 0 Å². The van der Waals surface area contributed by atoms with E-state index >= 15 is 0 Å². The first-order chi connectivity index (χ1) is 12.4. The first kappa shape index (κ1) is 19.0. The molecule has 1 fully saturated rings. The molecule has 6 nitrogen and oxygen atoms in total. The highest BCUT2D eigenvalue weighted by molar-refractivity contribution is 6.33. The van der Waals surface area contributed by atoms with Crippen LogP contribution in [0, 0.1) is 0 Å². The summed E-state index contributed by atoms with van der Waals surface area (Å²) in [4.78, 5) is 12.7. The predicted octanol–water partition coefficient (Wildman–Crippen LogP) is 3.01. The second-order valence-corrected chi connectivity index (χ2v) is 7.09. The van der Waals surface area contributed by atoms with Crippen molar-refractivity contribution in [3.63, 3.8) is 0 Å². The molecule has 0 amide bonds. The average Bonchev–Trinajstić information content (AvgIpc) is 3.31. The van der Waals surface area contributed by atoms with Crippen LogP contribution in [0.5, 0.6) is 11.5 Å². The van der Waals surface area contributed by atoms with E-state index < -0.39 is 12.1 Å². The highest BCUT2D eigenvalue weighted by Gasteiger charge is 2.39. The number of benzene rings is 1. The number of aliphatic hydroxyl groups is 1. The summed E-state index contributed by atoms with van der Waals surface area (Å²) in [5.74, 6) is -0.738. The Kier molecular flexibility index (Phi) is 5.75. The number of epoxide rings is 1. The number of phenolic OH excluding ortho intramolecular Hbond substituents is 1. The van der Waals surface area contributed by atoms with Gasteiger partial charge >= 0.3 is 5.97 Å². The lowest BCUT2D eigenvalue weighted by atomic mass is 9.98. The van der Waals surface area contributed by atoms with Crippen molar-refractivity contribution < 1.29 is 29.2 Å². The fraction of sp³-hybridized carbons (Fsp3) is 0.526. The first-order valence-corrected chi connectivity index (χ1v) is 9.08. The second kappa shape index (κ2) is 7.86. The summed E-state index contributed by atoms with van der Waals surface area (Å²) >= 11 is 6.35. The molecule has 0 radical (unpaired) electrons. The maximum Gasteiger partial charge on any atom is 0.342 e. The van der Waals surface area contributed by atoms with Gasteiger partial charge in [0.1, 0.15) is 23.2 Å². The Morgan fingerprint density at radius 2 is 2.12 bits per heavy atom. The molecule has 2 heterocycles. The SMILES string of the molecule is COc1cc(O)c2c(c1Cl)C[C@@H](O)C=CCC[C@@H]1O[C@H]1C[C@@H](C)OC2=O. The summed E-state index contributed by atoms with van der Waals surface area (Å²) in [6.45, 7) is 1.79.